The van der Waals surface area contributed by atoms with Gasteiger partial charge in [-0.25, -0.2) is 12.8 Å². The molecule has 38 heavy (non-hydrogen) atoms. The van der Waals surface area contributed by atoms with E-state index in [1.54, 1.807) is 24.4 Å². The molecule has 1 saturated heterocycles. The summed E-state index contributed by atoms with van der Waals surface area (Å²) >= 11 is 5.86. The van der Waals surface area contributed by atoms with Crippen molar-refractivity contribution in [2.75, 3.05) is 15.9 Å². The molecule has 196 valence electrons. The molecule has 10 heteroatoms. The summed E-state index contributed by atoms with van der Waals surface area (Å²) in [7, 11) is -3.41. The van der Waals surface area contributed by atoms with Crippen molar-refractivity contribution in [3.05, 3.63) is 107 Å². The van der Waals surface area contributed by atoms with Gasteiger partial charge >= 0.3 is 0 Å². The van der Waals surface area contributed by atoms with E-state index in [1.807, 2.05) is 51.1 Å². The molecule has 3 heterocycles. The van der Waals surface area contributed by atoms with E-state index < -0.39 is 10.0 Å². The van der Waals surface area contributed by atoms with E-state index in [9.17, 15) is 12.8 Å². The molecular formula is C28H28FN5O2S2. The standard InChI is InChI=1S/C28H28FN5O2S2/c1-17-15-22(12-13-24(17)32-38(4,35)36)34-27(26(31-28(34)37)25-7-5-6-14-30-25)23-16-18(2)33(19(23)3)21-10-8-20(29)9-11-21/h5-16,26-27,32H,1-4H3,(H,31,37)/t26-,27-/m1/s1. The van der Waals surface area contributed by atoms with Gasteiger partial charge in [0.1, 0.15) is 5.82 Å². The average Bonchev–Trinajstić information content (AvgIpc) is 3.36. The van der Waals surface area contributed by atoms with Crippen LogP contribution in [0.3, 0.4) is 0 Å². The van der Waals surface area contributed by atoms with Crippen LogP contribution in [0.25, 0.3) is 5.69 Å². The fourth-order valence-electron chi connectivity index (χ4n) is 5.14. The van der Waals surface area contributed by atoms with Gasteiger partial charge in [-0.3, -0.25) is 9.71 Å². The molecule has 1 fully saturated rings. The Morgan fingerprint density at radius 1 is 1.00 bits per heavy atom. The van der Waals surface area contributed by atoms with Gasteiger partial charge in [-0.15, -0.1) is 0 Å². The van der Waals surface area contributed by atoms with Gasteiger partial charge in [-0.1, -0.05) is 6.07 Å². The Morgan fingerprint density at radius 2 is 1.71 bits per heavy atom. The van der Waals surface area contributed by atoms with Gasteiger partial charge in [-0.2, -0.15) is 0 Å². The third kappa shape index (κ3) is 4.89. The SMILES string of the molecule is Cc1cc(N2C(=S)N[C@H](c3ccccn3)[C@H]2c2cc(C)n(-c3ccc(F)cc3)c2C)ccc1NS(C)(=O)=O. The second kappa shape index (κ2) is 9.85. The van der Waals surface area contributed by atoms with Crippen LogP contribution in [0.15, 0.2) is 72.9 Å². The molecule has 2 aromatic heterocycles. The highest BCUT2D eigenvalue weighted by Gasteiger charge is 2.42. The molecule has 0 aliphatic carbocycles. The minimum Gasteiger partial charge on any atom is -0.351 e. The molecule has 0 radical (unpaired) electrons. The van der Waals surface area contributed by atoms with E-state index in [-0.39, 0.29) is 17.9 Å². The lowest BCUT2D eigenvalue weighted by Gasteiger charge is -2.29. The first-order valence-corrected chi connectivity index (χ1v) is 14.4. The molecule has 0 amide bonds. The summed E-state index contributed by atoms with van der Waals surface area (Å²) in [5.41, 5.74) is 6.89. The number of hydrogen-bond donors (Lipinski definition) is 2. The van der Waals surface area contributed by atoms with Gasteiger partial charge in [0, 0.05) is 29.0 Å². The summed E-state index contributed by atoms with van der Waals surface area (Å²) < 4.78 is 41.9. The van der Waals surface area contributed by atoms with Crippen LogP contribution in [0.2, 0.25) is 0 Å². The molecular weight excluding hydrogens is 521 g/mol. The summed E-state index contributed by atoms with van der Waals surface area (Å²) in [6, 6.07) is 19.4. The zero-order valence-corrected chi connectivity index (χ0v) is 23.1. The maximum Gasteiger partial charge on any atom is 0.229 e. The highest BCUT2D eigenvalue weighted by molar-refractivity contribution is 7.92. The summed E-state index contributed by atoms with van der Waals surface area (Å²) in [5.74, 6) is -0.285. The molecule has 0 spiro atoms. The third-order valence-corrected chi connectivity index (χ3v) is 7.66. The number of hydrogen-bond acceptors (Lipinski definition) is 4. The van der Waals surface area contributed by atoms with Crippen LogP contribution in [-0.4, -0.2) is 29.3 Å². The lowest BCUT2D eigenvalue weighted by atomic mass is 9.96. The van der Waals surface area contributed by atoms with Crippen molar-refractivity contribution in [2.45, 2.75) is 32.9 Å². The summed E-state index contributed by atoms with van der Waals surface area (Å²) in [6.45, 7) is 5.93. The predicted molar refractivity (Wildman–Crippen MR) is 153 cm³/mol. The first-order chi connectivity index (χ1) is 18.0. The van der Waals surface area contributed by atoms with E-state index in [4.69, 9.17) is 12.2 Å². The van der Waals surface area contributed by atoms with Crippen molar-refractivity contribution in [3.8, 4) is 5.69 Å². The summed E-state index contributed by atoms with van der Waals surface area (Å²) in [4.78, 5) is 6.68. The van der Waals surface area contributed by atoms with Gasteiger partial charge < -0.3 is 14.8 Å². The highest BCUT2D eigenvalue weighted by atomic mass is 32.2. The van der Waals surface area contributed by atoms with Crippen LogP contribution in [0.4, 0.5) is 15.8 Å². The number of nitrogens with one attached hydrogen (secondary N) is 2. The molecule has 1 aliphatic heterocycles. The smallest absolute Gasteiger partial charge is 0.229 e. The fourth-order valence-corrected chi connectivity index (χ4v) is 6.11. The number of sulfonamides is 1. The Labute approximate surface area is 227 Å². The van der Waals surface area contributed by atoms with E-state index in [0.717, 1.165) is 45.8 Å². The van der Waals surface area contributed by atoms with Crippen LogP contribution >= 0.6 is 12.2 Å². The number of pyridine rings is 1. The molecule has 5 rings (SSSR count). The molecule has 2 aromatic carbocycles. The largest absolute Gasteiger partial charge is 0.351 e. The highest BCUT2D eigenvalue weighted by Crippen LogP contribution is 2.44. The maximum absolute atomic E-state index is 13.6. The lowest BCUT2D eigenvalue weighted by molar-refractivity contribution is 0.565. The zero-order valence-electron chi connectivity index (χ0n) is 21.4. The maximum atomic E-state index is 13.6. The van der Waals surface area contributed by atoms with Crippen LogP contribution < -0.4 is 14.9 Å². The first-order valence-electron chi connectivity index (χ1n) is 12.1. The molecule has 0 saturated carbocycles. The Hall–Kier alpha value is -3.76. The van der Waals surface area contributed by atoms with Crippen molar-refractivity contribution in [3.63, 3.8) is 0 Å². The number of anilines is 2. The number of aromatic nitrogens is 2. The number of halogens is 1. The van der Waals surface area contributed by atoms with Crippen LogP contribution in [-0.2, 0) is 10.0 Å². The second-order valence-electron chi connectivity index (χ2n) is 9.51. The summed E-state index contributed by atoms with van der Waals surface area (Å²) in [6.07, 6.45) is 2.89. The number of aryl methyl sites for hydroxylation is 2. The lowest BCUT2D eigenvalue weighted by Crippen LogP contribution is -2.29. The van der Waals surface area contributed by atoms with Gasteiger partial charge in [0.05, 0.1) is 29.7 Å². The number of nitrogens with zero attached hydrogens (tertiary/aromatic N) is 3. The van der Waals surface area contributed by atoms with Crippen LogP contribution in [0.5, 0.6) is 0 Å². The second-order valence-corrected chi connectivity index (χ2v) is 11.6. The fraction of sp³-hybridized carbons (Fsp3) is 0.214. The van der Waals surface area contributed by atoms with Crippen LogP contribution in [0, 0.1) is 26.6 Å². The number of thiocarbonyl (C=S) groups is 1. The molecule has 0 unspecified atom stereocenters. The van der Waals surface area contributed by atoms with Crippen molar-refractivity contribution >= 4 is 38.7 Å². The van der Waals surface area contributed by atoms with Gasteiger partial charge in [-0.05, 0) is 105 Å². The van der Waals surface area contributed by atoms with Crippen molar-refractivity contribution < 1.29 is 12.8 Å². The van der Waals surface area contributed by atoms with E-state index >= 15 is 0 Å². The predicted octanol–water partition coefficient (Wildman–Crippen LogP) is 5.49. The van der Waals surface area contributed by atoms with Crippen molar-refractivity contribution in [2.24, 2.45) is 0 Å². The number of rotatable bonds is 6. The Bertz CT molecular complexity index is 1620. The van der Waals surface area contributed by atoms with Crippen molar-refractivity contribution in [1.82, 2.24) is 14.9 Å². The average molecular weight is 550 g/mol. The summed E-state index contributed by atoms with van der Waals surface area (Å²) in [5, 5.41) is 4.01. The third-order valence-electron chi connectivity index (χ3n) is 6.76. The molecule has 1 aliphatic rings. The van der Waals surface area contributed by atoms with E-state index in [1.165, 1.54) is 12.1 Å². The van der Waals surface area contributed by atoms with Gasteiger partial charge in [0.2, 0.25) is 10.0 Å². The van der Waals surface area contributed by atoms with Gasteiger partial charge in [0.25, 0.3) is 0 Å². The number of benzene rings is 2. The Morgan fingerprint density at radius 3 is 2.34 bits per heavy atom. The van der Waals surface area contributed by atoms with Gasteiger partial charge in [0.15, 0.2) is 5.11 Å². The molecule has 0 bridgehead atoms. The minimum atomic E-state index is -3.41. The normalized spacial score (nSPS) is 17.5. The Balaban J connectivity index is 1.65. The molecule has 2 N–H and O–H groups in total. The monoisotopic (exact) mass is 549 g/mol. The molecule has 7 nitrogen and oxygen atoms in total. The Kier molecular flexibility index (Phi) is 6.70. The quantitative estimate of drug-likeness (QED) is 0.310. The topological polar surface area (TPSA) is 79.3 Å². The van der Waals surface area contributed by atoms with Crippen LogP contribution in [0.1, 0.15) is 40.3 Å². The van der Waals surface area contributed by atoms with E-state index in [0.29, 0.717) is 10.8 Å². The zero-order chi connectivity index (χ0) is 27.2. The van der Waals surface area contributed by atoms with E-state index in [2.05, 4.69) is 30.6 Å². The van der Waals surface area contributed by atoms with Crippen molar-refractivity contribution in [1.29, 1.82) is 0 Å². The molecule has 2 atom stereocenters. The molecule has 4 aromatic rings. The first kappa shape index (κ1) is 25.9. The minimum absolute atomic E-state index is 0.236.